The standard InChI is InChI=1S/C27H44N2O2/c1-3-5-7-8-9-11-13-26(30)28-29-27(31)25-20-18-24(19-21-25)23-16-14-22(15-17-23)12-10-6-4-2/h14-17,24-25H,3-13,18-21H2,1-2H3,(H,28,30)(H,29,31). The van der Waals surface area contributed by atoms with Gasteiger partial charge in [-0.15, -0.1) is 0 Å². The highest BCUT2D eigenvalue weighted by molar-refractivity contribution is 5.83. The minimum Gasteiger partial charge on any atom is -0.273 e. The molecule has 0 bridgehead atoms. The molecule has 1 saturated carbocycles. The van der Waals surface area contributed by atoms with Crippen LogP contribution in [0.2, 0.25) is 0 Å². The minimum absolute atomic E-state index is 0.0129. The predicted octanol–water partition coefficient (Wildman–Crippen LogP) is 6.59. The highest BCUT2D eigenvalue weighted by Gasteiger charge is 2.27. The van der Waals surface area contributed by atoms with Gasteiger partial charge in [-0.25, -0.2) is 0 Å². The molecule has 0 saturated heterocycles. The Hall–Kier alpha value is -1.84. The number of hydrogen-bond donors (Lipinski definition) is 2. The van der Waals surface area contributed by atoms with Gasteiger partial charge in [-0.1, -0.05) is 83.1 Å². The van der Waals surface area contributed by atoms with Crippen LogP contribution in [0.1, 0.15) is 121 Å². The van der Waals surface area contributed by atoms with Gasteiger partial charge in [-0.3, -0.25) is 20.4 Å². The van der Waals surface area contributed by atoms with Crippen molar-refractivity contribution in [3.63, 3.8) is 0 Å². The Morgan fingerprint density at radius 1 is 0.774 bits per heavy atom. The monoisotopic (exact) mass is 428 g/mol. The molecule has 0 aliphatic heterocycles. The summed E-state index contributed by atoms with van der Waals surface area (Å²) in [5.74, 6) is 0.465. The van der Waals surface area contributed by atoms with Crippen LogP contribution in [-0.4, -0.2) is 11.8 Å². The molecule has 2 N–H and O–H groups in total. The fourth-order valence-electron chi connectivity index (χ4n) is 4.59. The normalized spacial score (nSPS) is 18.5. The van der Waals surface area contributed by atoms with Crippen LogP contribution in [0.25, 0.3) is 0 Å². The highest BCUT2D eigenvalue weighted by Crippen LogP contribution is 2.36. The summed E-state index contributed by atoms with van der Waals surface area (Å²) < 4.78 is 0. The quantitative estimate of drug-likeness (QED) is 0.275. The van der Waals surface area contributed by atoms with E-state index in [2.05, 4.69) is 49.0 Å². The van der Waals surface area contributed by atoms with Crippen molar-refractivity contribution in [3.05, 3.63) is 35.4 Å². The van der Waals surface area contributed by atoms with Gasteiger partial charge in [0.05, 0.1) is 0 Å². The summed E-state index contributed by atoms with van der Waals surface area (Å²) in [5.41, 5.74) is 8.11. The van der Waals surface area contributed by atoms with E-state index in [0.717, 1.165) is 38.5 Å². The highest BCUT2D eigenvalue weighted by atomic mass is 16.2. The van der Waals surface area contributed by atoms with Crippen LogP contribution < -0.4 is 10.9 Å². The maximum atomic E-state index is 12.4. The van der Waals surface area contributed by atoms with Crippen molar-refractivity contribution in [2.24, 2.45) is 5.92 Å². The van der Waals surface area contributed by atoms with E-state index in [9.17, 15) is 9.59 Å². The van der Waals surface area contributed by atoms with Gasteiger partial charge < -0.3 is 0 Å². The number of hydrogen-bond acceptors (Lipinski definition) is 2. The van der Waals surface area contributed by atoms with Crippen LogP contribution in [0.5, 0.6) is 0 Å². The number of amides is 2. The van der Waals surface area contributed by atoms with E-state index in [1.807, 2.05) is 0 Å². The van der Waals surface area contributed by atoms with Crippen molar-refractivity contribution in [1.82, 2.24) is 10.9 Å². The zero-order valence-electron chi connectivity index (χ0n) is 19.9. The first-order chi connectivity index (χ1) is 15.1. The molecule has 31 heavy (non-hydrogen) atoms. The second kappa shape index (κ2) is 15.0. The number of nitrogens with one attached hydrogen (secondary N) is 2. The molecule has 2 amide bonds. The number of hydrazine groups is 1. The zero-order valence-corrected chi connectivity index (χ0v) is 19.9. The van der Waals surface area contributed by atoms with E-state index in [0.29, 0.717) is 12.3 Å². The Bertz CT molecular complexity index is 633. The second-order valence-electron chi connectivity index (χ2n) is 9.30. The Balaban J connectivity index is 1.62. The SMILES string of the molecule is CCCCCCCCC(=O)NNC(=O)C1CCC(c2ccc(CCCCC)cc2)CC1. The molecule has 1 aliphatic rings. The molecule has 0 spiro atoms. The first-order valence-corrected chi connectivity index (χ1v) is 12.8. The molecular formula is C27H44N2O2. The Morgan fingerprint density at radius 2 is 1.39 bits per heavy atom. The Morgan fingerprint density at radius 3 is 2.06 bits per heavy atom. The van der Waals surface area contributed by atoms with Crippen molar-refractivity contribution in [3.8, 4) is 0 Å². The lowest BCUT2D eigenvalue weighted by Gasteiger charge is -2.28. The molecule has 0 radical (unpaired) electrons. The van der Waals surface area contributed by atoms with Gasteiger partial charge in [0.2, 0.25) is 11.8 Å². The molecule has 0 aromatic heterocycles. The average molecular weight is 429 g/mol. The third kappa shape index (κ3) is 9.88. The lowest BCUT2D eigenvalue weighted by molar-refractivity contribution is -0.132. The lowest BCUT2D eigenvalue weighted by atomic mass is 9.78. The average Bonchev–Trinajstić information content (AvgIpc) is 2.80. The number of unbranched alkanes of at least 4 members (excludes halogenated alkanes) is 7. The van der Waals surface area contributed by atoms with Gasteiger partial charge in [0.25, 0.3) is 0 Å². The Labute approximate surface area is 189 Å². The summed E-state index contributed by atoms with van der Waals surface area (Å²) in [6.07, 6.45) is 16.3. The zero-order chi connectivity index (χ0) is 22.3. The van der Waals surface area contributed by atoms with Crippen molar-refractivity contribution in [2.45, 2.75) is 116 Å². The van der Waals surface area contributed by atoms with Crippen LogP contribution in [-0.2, 0) is 16.0 Å². The molecule has 4 heteroatoms. The second-order valence-corrected chi connectivity index (χ2v) is 9.30. The summed E-state index contributed by atoms with van der Waals surface area (Å²) in [7, 11) is 0. The molecule has 1 aliphatic carbocycles. The van der Waals surface area contributed by atoms with Crippen molar-refractivity contribution in [1.29, 1.82) is 0 Å². The molecule has 0 heterocycles. The molecular weight excluding hydrogens is 384 g/mol. The third-order valence-corrected chi connectivity index (χ3v) is 6.70. The lowest BCUT2D eigenvalue weighted by Crippen LogP contribution is -2.45. The van der Waals surface area contributed by atoms with E-state index in [1.165, 1.54) is 62.5 Å². The van der Waals surface area contributed by atoms with Crippen LogP contribution in [0, 0.1) is 5.92 Å². The van der Waals surface area contributed by atoms with E-state index in [-0.39, 0.29) is 17.7 Å². The third-order valence-electron chi connectivity index (χ3n) is 6.70. The topological polar surface area (TPSA) is 58.2 Å². The fourth-order valence-corrected chi connectivity index (χ4v) is 4.59. The molecule has 174 valence electrons. The van der Waals surface area contributed by atoms with Crippen molar-refractivity contribution < 1.29 is 9.59 Å². The van der Waals surface area contributed by atoms with Gasteiger partial charge in [0.1, 0.15) is 0 Å². The fraction of sp³-hybridized carbons (Fsp3) is 0.704. The molecule has 1 fully saturated rings. The van der Waals surface area contributed by atoms with E-state index in [4.69, 9.17) is 0 Å². The molecule has 0 atom stereocenters. The van der Waals surface area contributed by atoms with E-state index >= 15 is 0 Å². The maximum Gasteiger partial charge on any atom is 0.241 e. The molecule has 1 aromatic rings. The van der Waals surface area contributed by atoms with Gasteiger partial charge in [0.15, 0.2) is 0 Å². The van der Waals surface area contributed by atoms with Crippen LogP contribution in [0.3, 0.4) is 0 Å². The van der Waals surface area contributed by atoms with Crippen molar-refractivity contribution >= 4 is 11.8 Å². The van der Waals surface area contributed by atoms with Gasteiger partial charge >= 0.3 is 0 Å². The van der Waals surface area contributed by atoms with Gasteiger partial charge in [-0.2, -0.15) is 0 Å². The van der Waals surface area contributed by atoms with Gasteiger partial charge in [-0.05, 0) is 62.0 Å². The predicted molar refractivity (Wildman–Crippen MR) is 129 cm³/mol. The molecule has 1 aromatic carbocycles. The summed E-state index contributed by atoms with van der Waals surface area (Å²) in [6, 6.07) is 9.13. The van der Waals surface area contributed by atoms with Crippen LogP contribution >= 0.6 is 0 Å². The first kappa shape index (κ1) is 25.4. The number of aryl methyl sites for hydroxylation is 1. The van der Waals surface area contributed by atoms with Crippen LogP contribution in [0.4, 0.5) is 0 Å². The minimum atomic E-state index is -0.0726. The number of carbonyl (C=O) groups excluding carboxylic acids is 2. The summed E-state index contributed by atoms with van der Waals surface area (Å²) in [4.78, 5) is 24.4. The summed E-state index contributed by atoms with van der Waals surface area (Å²) in [6.45, 7) is 4.44. The van der Waals surface area contributed by atoms with Gasteiger partial charge in [0, 0.05) is 12.3 Å². The van der Waals surface area contributed by atoms with Crippen LogP contribution in [0.15, 0.2) is 24.3 Å². The summed E-state index contributed by atoms with van der Waals surface area (Å²) in [5, 5.41) is 0. The van der Waals surface area contributed by atoms with Crippen molar-refractivity contribution in [2.75, 3.05) is 0 Å². The largest absolute Gasteiger partial charge is 0.273 e. The maximum absolute atomic E-state index is 12.4. The number of carbonyl (C=O) groups is 2. The molecule has 0 unspecified atom stereocenters. The Kier molecular flexibility index (Phi) is 12.3. The first-order valence-electron chi connectivity index (χ1n) is 12.8. The smallest absolute Gasteiger partial charge is 0.241 e. The van der Waals surface area contributed by atoms with E-state index < -0.39 is 0 Å². The summed E-state index contributed by atoms with van der Waals surface area (Å²) >= 11 is 0. The number of benzene rings is 1. The molecule has 4 nitrogen and oxygen atoms in total. The van der Waals surface area contributed by atoms with E-state index in [1.54, 1.807) is 0 Å². The number of rotatable bonds is 13. The molecule has 2 rings (SSSR count).